The summed E-state index contributed by atoms with van der Waals surface area (Å²) in [6.07, 6.45) is 1.93. The smallest absolute Gasteiger partial charge is 0.193 e. The topological polar surface area (TPSA) is 47.9 Å². The van der Waals surface area contributed by atoms with Crippen molar-refractivity contribution in [3.8, 4) is 0 Å². The van der Waals surface area contributed by atoms with Crippen LogP contribution in [0, 0.1) is 5.92 Å². The fourth-order valence-corrected chi connectivity index (χ4v) is 3.56. The summed E-state index contributed by atoms with van der Waals surface area (Å²) in [4.78, 5) is 7.46. The average Bonchev–Trinajstić information content (AvgIpc) is 2.86. The van der Waals surface area contributed by atoms with E-state index in [9.17, 15) is 5.11 Å². The third-order valence-electron chi connectivity index (χ3n) is 3.54. The van der Waals surface area contributed by atoms with E-state index in [1.165, 1.54) is 24.2 Å². The summed E-state index contributed by atoms with van der Waals surface area (Å²) in [5, 5.41) is 13.4. The molecule has 4 nitrogen and oxygen atoms in total. The maximum Gasteiger partial charge on any atom is 0.193 e. The van der Waals surface area contributed by atoms with Crippen LogP contribution >= 0.6 is 46.9 Å². The lowest BCUT2D eigenvalue weighted by atomic mass is 10.0. The SMILES string of the molecule is CN=C(NCC(O)c1ccc(Cl)s1)N1CCCC(C)C1.I. The molecule has 2 rings (SSSR count). The molecule has 0 radical (unpaired) electrons. The second-order valence-corrected chi connectivity index (χ2v) is 7.03. The van der Waals surface area contributed by atoms with Crippen LogP contribution in [0.15, 0.2) is 17.1 Å². The van der Waals surface area contributed by atoms with Gasteiger partial charge in [-0.05, 0) is 30.9 Å². The number of nitrogens with zero attached hydrogens (tertiary/aromatic N) is 2. The van der Waals surface area contributed by atoms with Crippen molar-refractivity contribution in [2.75, 3.05) is 26.7 Å². The lowest BCUT2D eigenvalue weighted by molar-refractivity contribution is 0.181. The Balaban J connectivity index is 0.00000220. The van der Waals surface area contributed by atoms with Gasteiger partial charge in [0.25, 0.3) is 0 Å². The first kappa shape index (κ1) is 19.0. The first-order chi connectivity index (χ1) is 9.60. The van der Waals surface area contributed by atoms with Crippen molar-refractivity contribution in [3.63, 3.8) is 0 Å². The third-order valence-corrected chi connectivity index (χ3v) is 4.88. The zero-order valence-electron chi connectivity index (χ0n) is 12.4. The van der Waals surface area contributed by atoms with E-state index in [2.05, 4.69) is 22.1 Å². The molecule has 2 atom stereocenters. The van der Waals surface area contributed by atoms with Crippen LogP contribution in [0.3, 0.4) is 0 Å². The van der Waals surface area contributed by atoms with Crippen LogP contribution in [0.1, 0.15) is 30.7 Å². The highest BCUT2D eigenvalue weighted by Crippen LogP contribution is 2.26. The molecule has 0 spiro atoms. The van der Waals surface area contributed by atoms with E-state index < -0.39 is 6.10 Å². The number of hydrogen-bond acceptors (Lipinski definition) is 3. The highest BCUT2D eigenvalue weighted by molar-refractivity contribution is 14.0. The van der Waals surface area contributed by atoms with Crippen LogP contribution in [0.25, 0.3) is 0 Å². The first-order valence-electron chi connectivity index (χ1n) is 6.99. The van der Waals surface area contributed by atoms with Crippen LogP contribution in [0.2, 0.25) is 4.34 Å². The monoisotopic (exact) mass is 443 g/mol. The van der Waals surface area contributed by atoms with Gasteiger partial charge in [-0.25, -0.2) is 0 Å². The molecule has 1 saturated heterocycles. The summed E-state index contributed by atoms with van der Waals surface area (Å²) >= 11 is 7.30. The second-order valence-electron chi connectivity index (χ2n) is 5.28. The number of aliphatic hydroxyl groups is 1. The molecule has 0 bridgehead atoms. The zero-order chi connectivity index (χ0) is 14.5. The van der Waals surface area contributed by atoms with Gasteiger partial charge in [0.1, 0.15) is 6.10 Å². The largest absolute Gasteiger partial charge is 0.386 e. The van der Waals surface area contributed by atoms with Crippen molar-refractivity contribution in [2.24, 2.45) is 10.9 Å². The van der Waals surface area contributed by atoms with Crippen molar-refractivity contribution >= 4 is 52.9 Å². The Morgan fingerprint density at radius 1 is 1.62 bits per heavy atom. The molecule has 1 aromatic heterocycles. The fraction of sp³-hybridized carbons (Fsp3) is 0.643. The number of likely N-dealkylation sites (tertiary alicyclic amines) is 1. The molecule has 1 aliphatic heterocycles. The van der Waals surface area contributed by atoms with E-state index in [1.54, 1.807) is 7.05 Å². The van der Waals surface area contributed by atoms with Crippen LogP contribution in [0.4, 0.5) is 0 Å². The molecule has 1 aromatic rings. The lowest BCUT2D eigenvalue weighted by Gasteiger charge is -2.33. The number of thiophene rings is 1. The number of hydrogen-bond donors (Lipinski definition) is 2. The Hall–Kier alpha value is -0.0500. The maximum absolute atomic E-state index is 10.1. The molecule has 21 heavy (non-hydrogen) atoms. The number of rotatable bonds is 3. The van der Waals surface area contributed by atoms with E-state index in [-0.39, 0.29) is 24.0 Å². The summed E-state index contributed by atoms with van der Waals surface area (Å²) in [6, 6.07) is 3.68. The molecule has 0 aromatic carbocycles. The van der Waals surface area contributed by atoms with Gasteiger partial charge in [-0.1, -0.05) is 18.5 Å². The highest BCUT2D eigenvalue weighted by Gasteiger charge is 2.20. The summed E-state index contributed by atoms with van der Waals surface area (Å²) in [5.74, 6) is 1.57. The molecule has 7 heteroatoms. The van der Waals surface area contributed by atoms with E-state index in [1.807, 2.05) is 12.1 Å². The molecule has 120 valence electrons. The number of halogens is 2. The fourth-order valence-electron chi connectivity index (χ4n) is 2.51. The molecule has 2 N–H and O–H groups in total. The summed E-state index contributed by atoms with van der Waals surface area (Å²) in [7, 11) is 1.79. The minimum Gasteiger partial charge on any atom is -0.386 e. The summed E-state index contributed by atoms with van der Waals surface area (Å²) < 4.78 is 0.702. The molecule has 0 aliphatic carbocycles. The quantitative estimate of drug-likeness (QED) is 0.428. The van der Waals surface area contributed by atoms with E-state index >= 15 is 0 Å². The maximum atomic E-state index is 10.1. The summed E-state index contributed by atoms with van der Waals surface area (Å²) in [6.45, 7) is 4.78. The number of piperidine rings is 1. The molecule has 0 amide bonds. The minimum absolute atomic E-state index is 0. The molecule has 1 aliphatic rings. The van der Waals surface area contributed by atoms with Crippen LogP contribution < -0.4 is 5.32 Å². The Labute approximate surface area is 152 Å². The molecule has 1 fully saturated rings. The normalized spacial score (nSPS) is 20.9. The van der Waals surface area contributed by atoms with Gasteiger partial charge in [-0.3, -0.25) is 4.99 Å². The Morgan fingerprint density at radius 3 is 2.95 bits per heavy atom. The Kier molecular flexibility index (Phi) is 8.30. The lowest BCUT2D eigenvalue weighted by Crippen LogP contribution is -2.47. The predicted octanol–water partition coefficient (Wildman–Crippen LogP) is 3.36. The van der Waals surface area contributed by atoms with Crippen molar-refractivity contribution in [1.82, 2.24) is 10.2 Å². The van der Waals surface area contributed by atoms with E-state index in [4.69, 9.17) is 11.6 Å². The number of aliphatic hydroxyl groups excluding tert-OH is 1. The number of aliphatic imine (C=N–C) groups is 1. The van der Waals surface area contributed by atoms with Gasteiger partial charge in [-0.15, -0.1) is 35.3 Å². The van der Waals surface area contributed by atoms with Crippen LogP contribution in [0.5, 0.6) is 0 Å². The van der Waals surface area contributed by atoms with E-state index in [0.29, 0.717) is 16.8 Å². The van der Waals surface area contributed by atoms with Gasteiger partial charge in [0.05, 0.1) is 4.34 Å². The highest BCUT2D eigenvalue weighted by atomic mass is 127. The Morgan fingerprint density at radius 2 is 2.38 bits per heavy atom. The predicted molar refractivity (Wildman–Crippen MR) is 101 cm³/mol. The van der Waals surface area contributed by atoms with Gasteiger partial charge in [0, 0.05) is 31.6 Å². The molecular weight excluding hydrogens is 421 g/mol. The zero-order valence-corrected chi connectivity index (χ0v) is 16.3. The third kappa shape index (κ3) is 5.58. The van der Waals surface area contributed by atoms with Gasteiger partial charge in [0.2, 0.25) is 0 Å². The Bertz CT molecular complexity index is 469. The molecule has 2 heterocycles. The number of guanidine groups is 1. The first-order valence-corrected chi connectivity index (χ1v) is 8.18. The number of nitrogens with one attached hydrogen (secondary N) is 1. The molecule has 0 saturated carbocycles. The van der Waals surface area contributed by atoms with Crippen molar-refractivity contribution in [2.45, 2.75) is 25.9 Å². The standard InChI is InChI=1S/C14H22ClN3OS.HI/c1-10-4-3-7-18(9-10)14(16-2)17-8-11(19)12-5-6-13(15)20-12;/h5-6,10-11,19H,3-4,7-9H2,1-2H3,(H,16,17);1H. The van der Waals surface area contributed by atoms with Gasteiger partial charge in [-0.2, -0.15) is 0 Å². The van der Waals surface area contributed by atoms with Crippen molar-refractivity contribution in [1.29, 1.82) is 0 Å². The van der Waals surface area contributed by atoms with Crippen LogP contribution in [-0.2, 0) is 0 Å². The average molecular weight is 444 g/mol. The van der Waals surface area contributed by atoms with Gasteiger partial charge in [0.15, 0.2) is 5.96 Å². The van der Waals surface area contributed by atoms with Crippen molar-refractivity contribution in [3.05, 3.63) is 21.3 Å². The second kappa shape index (κ2) is 9.17. The van der Waals surface area contributed by atoms with Gasteiger partial charge < -0.3 is 15.3 Å². The van der Waals surface area contributed by atoms with Crippen molar-refractivity contribution < 1.29 is 5.11 Å². The molecule has 2 unspecified atom stereocenters. The minimum atomic E-state index is -0.550. The van der Waals surface area contributed by atoms with Crippen LogP contribution in [-0.4, -0.2) is 42.6 Å². The van der Waals surface area contributed by atoms with Gasteiger partial charge >= 0.3 is 0 Å². The summed E-state index contributed by atoms with van der Waals surface area (Å²) in [5.41, 5.74) is 0. The van der Waals surface area contributed by atoms with E-state index in [0.717, 1.165) is 23.9 Å². The molecular formula is C14H23ClIN3OS.